The van der Waals surface area contributed by atoms with Crippen LogP contribution in [0.15, 0.2) is 36.4 Å². The van der Waals surface area contributed by atoms with E-state index in [9.17, 15) is 5.26 Å². The number of hydrogen-bond acceptors (Lipinski definition) is 2. The van der Waals surface area contributed by atoms with E-state index in [0.717, 1.165) is 22.4 Å². The van der Waals surface area contributed by atoms with Crippen LogP contribution in [-0.4, -0.2) is 0 Å². The molecule has 0 bridgehead atoms. The largest absolute Gasteiger partial charge is 0.366 e. The van der Waals surface area contributed by atoms with E-state index in [4.69, 9.17) is 0 Å². The van der Waals surface area contributed by atoms with Crippen molar-refractivity contribution in [3.05, 3.63) is 64.2 Å². The van der Waals surface area contributed by atoms with Gasteiger partial charge in [-0.15, -0.1) is 0 Å². The first kappa shape index (κ1) is 14.1. The third-order valence-corrected chi connectivity index (χ3v) is 3.48. The van der Waals surface area contributed by atoms with Gasteiger partial charge < -0.3 is 5.32 Å². The van der Waals surface area contributed by atoms with Gasteiger partial charge in [0.2, 0.25) is 0 Å². The van der Waals surface area contributed by atoms with Crippen LogP contribution in [0, 0.1) is 39.0 Å². The molecule has 0 heterocycles. The maximum atomic E-state index is 9.52. The zero-order valence-corrected chi connectivity index (χ0v) is 12.5. The number of nitrogens with one attached hydrogen (secondary N) is 1. The van der Waals surface area contributed by atoms with Crippen LogP contribution < -0.4 is 5.32 Å². The number of nitriles is 1. The third kappa shape index (κ3) is 3.00. The molecule has 0 fully saturated rings. The van der Waals surface area contributed by atoms with Crippen molar-refractivity contribution < 1.29 is 0 Å². The average Bonchev–Trinajstić information content (AvgIpc) is 2.36. The molecule has 20 heavy (non-hydrogen) atoms. The summed E-state index contributed by atoms with van der Waals surface area (Å²) in [5.41, 5.74) is 6.80. The maximum absolute atomic E-state index is 9.52. The Bertz CT molecular complexity index is 642. The minimum absolute atomic E-state index is 0.322. The van der Waals surface area contributed by atoms with Gasteiger partial charge in [0.05, 0.1) is 6.07 Å². The molecule has 1 N–H and O–H groups in total. The van der Waals surface area contributed by atoms with E-state index in [1.165, 1.54) is 11.1 Å². The number of aryl methyl sites for hydroxylation is 4. The monoisotopic (exact) mass is 264 g/mol. The van der Waals surface area contributed by atoms with E-state index in [1.54, 1.807) is 0 Å². The predicted molar refractivity (Wildman–Crippen MR) is 83.8 cm³/mol. The van der Waals surface area contributed by atoms with Gasteiger partial charge in [-0.3, -0.25) is 0 Å². The van der Waals surface area contributed by atoms with Crippen LogP contribution in [0.5, 0.6) is 0 Å². The van der Waals surface area contributed by atoms with Crippen LogP contribution in [0.4, 0.5) is 5.69 Å². The fraction of sp³-hybridized carbons (Fsp3) is 0.278. The van der Waals surface area contributed by atoms with E-state index < -0.39 is 0 Å². The van der Waals surface area contributed by atoms with Crippen molar-refractivity contribution in [2.45, 2.75) is 33.7 Å². The smallest absolute Gasteiger partial charge is 0.140 e. The van der Waals surface area contributed by atoms with Crippen molar-refractivity contribution >= 4 is 5.69 Å². The lowest BCUT2D eigenvalue weighted by Crippen LogP contribution is -2.12. The van der Waals surface area contributed by atoms with Gasteiger partial charge in [0.25, 0.3) is 0 Å². The van der Waals surface area contributed by atoms with Crippen molar-refractivity contribution in [3.63, 3.8) is 0 Å². The Kier molecular flexibility index (Phi) is 4.10. The van der Waals surface area contributed by atoms with E-state index in [1.807, 2.05) is 12.1 Å². The van der Waals surface area contributed by atoms with Crippen LogP contribution in [-0.2, 0) is 0 Å². The molecule has 0 radical (unpaired) electrons. The number of nitrogens with zero attached hydrogens (tertiary/aromatic N) is 1. The molecule has 1 unspecified atom stereocenters. The normalized spacial score (nSPS) is 11.8. The molecular weight excluding hydrogens is 244 g/mol. The van der Waals surface area contributed by atoms with Crippen LogP contribution >= 0.6 is 0 Å². The zero-order chi connectivity index (χ0) is 14.7. The van der Waals surface area contributed by atoms with E-state index in [0.29, 0.717) is 0 Å². The molecule has 2 nitrogen and oxygen atoms in total. The van der Waals surface area contributed by atoms with Crippen LogP contribution in [0.1, 0.15) is 33.9 Å². The second-order valence-electron chi connectivity index (χ2n) is 5.39. The van der Waals surface area contributed by atoms with Gasteiger partial charge in [0, 0.05) is 5.69 Å². The third-order valence-electron chi connectivity index (χ3n) is 3.48. The first-order chi connectivity index (χ1) is 9.51. The van der Waals surface area contributed by atoms with Gasteiger partial charge in [-0.25, -0.2) is 0 Å². The van der Waals surface area contributed by atoms with Crippen LogP contribution in [0.3, 0.4) is 0 Å². The topological polar surface area (TPSA) is 35.8 Å². The van der Waals surface area contributed by atoms with Crippen LogP contribution in [0.2, 0.25) is 0 Å². The molecule has 0 aliphatic carbocycles. The summed E-state index contributed by atoms with van der Waals surface area (Å²) in [4.78, 5) is 0. The van der Waals surface area contributed by atoms with Gasteiger partial charge >= 0.3 is 0 Å². The van der Waals surface area contributed by atoms with E-state index >= 15 is 0 Å². The Hall–Kier alpha value is -2.27. The summed E-state index contributed by atoms with van der Waals surface area (Å²) >= 11 is 0. The van der Waals surface area contributed by atoms with Gasteiger partial charge in [-0.05, 0) is 62.1 Å². The van der Waals surface area contributed by atoms with Crippen LogP contribution in [0.25, 0.3) is 0 Å². The SMILES string of the molecule is Cc1cccc(NC(C#N)c2c(C)cc(C)cc2C)c1. The van der Waals surface area contributed by atoms with Crippen molar-refractivity contribution in [2.75, 3.05) is 5.32 Å². The summed E-state index contributed by atoms with van der Waals surface area (Å²) in [6.07, 6.45) is 0. The molecule has 2 rings (SSSR count). The standard InChI is InChI=1S/C18H20N2/c1-12-6-5-7-16(10-12)20-17(11-19)18-14(3)8-13(2)9-15(18)4/h5-10,17,20H,1-4H3. The van der Waals surface area contributed by atoms with Gasteiger partial charge in [0.15, 0.2) is 0 Å². The van der Waals surface area contributed by atoms with Crippen molar-refractivity contribution in [2.24, 2.45) is 0 Å². The highest BCUT2D eigenvalue weighted by Gasteiger charge is 2.16. The summed E-state index contributed by atoms with van der Waals surface area (Å²) in [5, 5.41) is 12.8. The lowest BCUT2D eigenvalue weighted by Gasteiger charge is -2.19. The minimum atomic E-state index is -0.322. The highest BCUT2D eigenvalue weighted by molar-refractivity contribution is 5.52. The van der Waals surface area contributed by atoms with Crippen molar-refractivity contribution in [3.8, 4) is 6.07 Å². The summed E-state index contributed by atoms with van der Waals surface area (Å²) in [5.74, 6) is 0. The lowest BCUT2D eigenvalue weighted by molar-refractivity contribution is 0.962. The highest BCUT2D eigenvalue weighted by atomic mass is 14.9. The first-order valence-electron chi connectivity index (χ1n) is 6.82. The van der Waals surface area contributed by atoms with Crippen molar-refractivity contribution in [1.82, 2.24) is 0 Å². The van der Waals surface area contributed by atoms with Gasteiger partial charge in [0.1, 0.15) is 6.04 Å². The molecule has 0 aliphatic heterocycles. The van der Waals surface area contributed by atoms with E-state index in [2.05, 4.69) is 63.3 Å². The molecule has 0 saturated heterocycles. The molecule has 0 saturated carbocycles. The second-order valence-corrected chi connectivity index (χ2v) is 5.39. The number of anilines is 1. The Morgan fingerprint density at radius 1 is 0.950 bits per heavy atom. The molecule has 2 aromatic rings. The Balaban J connectivity index is 2.37. The molecule has 102 valence electrons. The number of benzene rings is 2. The molecule has 2 heteroatoms. The summed E-state index contributed by atoms with van der Waals surface area (Å²) in [6.45, 7) is 8.27. The quantitative estimate of drug-likeness (QED) is 0.879. The molecular formula is C18H20N2. The van der Waals surface area contributed by atoms with Gasteiger partial charge in [-0.2, -0.15) is 5.26 Å². The summed E-state index contributed by atoms with van der Waals surface area (Å²) in [7, 11) is 0. The Labute approximate surface area is 121 Å². The second kappa shape index (κ2) is 5.79. The molecule has 2 aromatic carbocycles. The van der Waals surface area contributed by atoms with E-state index in [-0.39, 0.29) is 6.04 Å². The fourth-order valence-electron chi connectivity index (χ4n) is 2.72. The average molecular weight is 264 g/mol. The summed E-state index contributed by atoms with van der Waals surface area (Å²) < 4.78 is 0. The Morgan fingerprint density at radius 3 is 2.15 bits per heavy atom. The number of hydrogen-bond donors (Lipinski definition) is 1. The van der Waals surface area contributed by atoms with Crippen molar-refractivity contribution in [1.29, 1.82) is 5.26 Å². The predicted octanol–water partition coefficient (Wildman–Crippen LogP) is 4.60. The molecule has 1 atom stereocenters. The molecule has 0 spiro atoms. The zero-order valence-electron chi connectivity index (χ0n) is 12.5. The summed E-state index contributed by atoms with van der Waals surface area (Å²) in [6, 6.07) is 14.4. The fourth-order valence-corrected chi connectivity index (χ4v) is 2.72. The highest BCUT2D eigenvalue weighted by Crippen LogP contribution is 2.26. The first-order valence-corrected chi connectivity index (χ1v) is 6.82. The van der Waals surface area contributed by atoms with Gasteiger partial charge in [-0.1, -0.05) is 29.8 Å². The molecule has 0 aliphatic rings. The molecule has 0 amide bonds. The maximum Gasteiger partial charge on any atom is 0.140 e. The lowest BCUT2D eigenvalue weighted by atomic mass is 9.94. The molecule has 0 aromatic heterocycles. The number of rotatable bonds is 3. The Morgan fingerprint density at radius 2 is 1.60 bits per heavy atom. The minimum Gasteiger partial charge on any atom is -0.366 e.